The molecule has 5 fully saturated rings. The first-order chi connectivity index (χ1) is 17.6. The summed E-state index contributed by atoms with van der Waals surface area (Å²) in [5.74, 6) is 1.10. The Labute approximate surface area is 221 Å². The van der Waals surface area contributed by atoms with Gasteiger partial charge in [0.25, 0.3) is 0 Å². The fraction of sp³-hybridized carbons (Fsp3) is 0.867. The molecule has 4 aliphatic carbocycles. The average molecular weight is 518 g/mol. The highest BCUT2D eigenvalue weighted by atomic mass is 16.7. The van der Waals surface area contributed by atoms with Gasteiger partial charge in [-0.3, -0.25) is 0 Å². The van der Waals surface area contributed by atoms with Crippen molar-refractivity contribution < 1.29 is 34.0 Å². The average Bonchev–Trinajstić information content (AvgIpc) is 3.42. The molecule has 0 unspecified atom stereocenters. The van der Waals surface area contributed by atoms with Gasteiger partial charge in [0.2, 0.25) is 0 Å². The molecule has 7 heteroatoms. The molecule has 4 saturated carbocycles. The van der Waals surface area contributed by atoms with Gasteiger partial charge in [0.05, 0.1) is 24.4 Å². The summed E-state index contributed by atoms with van der Waals surface area (Å²) in [5.41, 5.74) is 0.268. The van der Waals surface area contributed by atoms with Crippen molar-refractivity contribution in [1.82, 2.24) is 0 Å². The standard InChI is InChI=1S/C30H45O7/c1-17-26(32)24(34-4)16-36-27(17)37-20-7-10-28(2)19(14-20)5-6-23-22(28)8-11-29(3)21(9-12-30(23,29)33)18-13-25(31)35-15-18/h9,13,17,19-24,26-27,32-33H,5-8,10-12,14-16H2,1-4H3/t17-,19+,20+,21+,22+,23+,24-,26-,27+,28+,29+,30+/m0/s1. The Morgan fingerprint density at radius 3 is 2.65 bits per heavy atom. The topological polar surface area (TPSA) is 94.5 Å². The van der Waals surface area contributed by atoms with Gasteiger partial charge in [-0.1, -0.05) is 20.8 Å². The predicted molar refractivity (Wildman–Crippen MR) is 136 cm³/mol. The number of ether oxygens (including phenoxy) is 4. The van der Waals surface area contributed by atoms with E-state index in [9.17, 15) is 15.0 Å². The second-order valence-electron chi connectivity index (χ2n) is 13.5. The Bertz CT molecular complexity index is 935. The lowest BCUT2D eigenvalue weighted by Crippen LogP contribution is -2.62. The zero-order valence-corrected chi connectivity index (χ0v) is 22.9. The number of carbonyl (C=O) groups excluding carboxylic acids is 1. The van der Waals surface area contributed by atoms with Crippen LogP contribution in [0.3, 0.4) is 0 Å². The molecule has 0 aromatic carbocycles. The molecule has 2 N–H and O–H groups in total. The predicted octanol–water partition coefficient (Wildman–Crippen LogP) is 3.81. The van der Waals surface area contributed by atoms with Gasteiger partial charge in [0, 0.05) is 24.5 Å². The van der Waals surface area contributed by atoms with Crippen molar-refractivity contribution in [2.45, 2.75) is 102 Å². The van der Waals surface area contributed by atoms with E-state index < -0.39 is 18.0 Å². The molecular weight excluding hydrogens is 472 g/mol. The summed E-state index contributed by atoms with van der Waals surface area (Å²) in [4.78, 5) is 11.8. The van der Waals surface area contributed by atoms with E-state index in [0.717, 1.165) is 50.5 Å². The van der Waals surface area contributed by atoms with Crippen molar-refractivity contribution in [3.63, 3.8) is 0 Å². The number of carbonyl (C=O) groups is 1. The third-order valence-corrected chi connectivity index (χ3v) is 12.1. The minimum absolute atomic E-state index is 0.116. The molecule has 1 radical (unpaired) electrons. The van der Waals surface area contributed by atoms with Crippen LogP contribution in [0, 0.1) is 46.8 Å². The highest BCUT2D eigenvalue weighted by Crippen LogP contribution is 2.69. The Kier molecular flexibility index (Phi) is 6.59. The molecule has 0 amide bonds. The molecule has 7 nitrogen and oxygen atoms in total. The summed E-state index contributed by atoms with van der Waals surface area (Å²) in [5, 5.41) is 22.9. The molecule has 6 aliphatic rings. The molecule has 207 valence electrons. The summed E-state index contributed by atoms with van der Waals surface area (Å²) in [6.07, 6.45) is 10.9. The number of fused-ring (bicyclic) bond motifs is 5. The Hall–Kier alpha value is -0.990. The molecular formula is C30H45O7. The highest BCUT2D eigenvalue weighted by molar-refractivity contribution is 5.85. The minimum atomic E-state index is -0.728. The van der Waals surface area contributed by atoms with Crippen molar-refractivity contribution in [2.75, 3.05) is 20.3 Å². The molecule has 2 heterocycles. The van der Waals surface area contributed by atoms with Crippen LogP contribution >= 0.6 is 0 Å². The highest BCUT2D eigenvalue weighted by Gasteiger charge is 2.67. The van der Waals surface area contributed by atoms with E-state index in [0.29, 0.717) is 31.5 Å². The molecule has 37 heavy (non-hydrogen) atoms. The summed E-state index contributed by atoms with van der Waals surface area (Å²) in [6.45, 7) is 7.44. The SMILES string of the molecule is CO[C@H]1CO[C@H](O[C@@H]2CC[C@]3(C)[C@H](CC[C@@H]4[C@H]3CC[C@]3(C)[C@@H](C5=CC(=O)OC5)[CH]C[C@@]43O)C2)[C@@H](C)[C@@H]1O. The van der Waals surface area contributed by atoms with Crippen LogP contribution in [-0.4, -0.2) is 66.7 Å². The Morgan fingerprint density at radius 2 is 1.92 bits per heavy atom. The van der Waals surface area contributed by atoms with Gasteiger partial charge < -0.3 is 29.2 Å². The van der Waals surface area contributed by atoms with Gasteiger partial charge in [0.1, 0.15) is 12.7 Å². The van der Waals surface area contributed by atoms with Crippen LogP contribution in [0.25, 0.3) is 0 Å². The van der Waals surface area contributed by atoms with Crippen LogP contribution in [0.1, 0.15) is 72.1 Å². The number of methoxy groups -OCH3 is 1. The monoisotopic (exact) mass is 517 g/mol. The van der Waals surface area contributed by atoms with Crippen LogP contribution in [-0.2, 0) is 23.7 Å². The van der Waals surface area contributed by atoms with Crippen molar-refractivity contribution in [3.05, 3.63) is 18.1 Å². The van der Waals surface area contributed by atoms with Gasteiger partial charge in [-0.15, -0.1) is 0 Å². The second-order valence-corrected chi connectivity index (χ2v) is 13.5. The smallest absolute Gasteiger partial charge is 0.331 e. The summed E-state index contributed by atoms with van der Waals surface area (Å²) < 4.78 is 23.0. The van der Waals surface area contributed by atoms with Crippen LogP contribution in [0.2, 0.25) is 0 Å². The largest absolute Gasteiger partial charge is 0.458 e. The number of esters is 1. The molecule has 0 aromatic rings. The number of rotatable bonds is 4. The zero-order chi connectivity index (χ0) is 26.2. The normalized spacial score (nSPS) is 53.6. The first-order valence-electron chi connectivity index (χ1n) is 14.5. The lowest BCUT2D eigenvalue weighted by atomic mass is 9.43. The van der Waals surface area contributed by atoms with Crippen molar-refractivity contribution >= 4 is 5.97 Å². The zero-order valence-electron chi connectivity index (χ0n) is 22.9. The van der Waals surface area contributed by atoms with E-state index in [1.807, 2.05) is 6.92 Å². The number of aliphatic hydroxyl groups excluding tert-OH is 1. The summed E-state index contributed by atoms with van der Waals surface area (Å²) in [7, 11) is 1.61. The van der Waals surface area contributed by atoms with Gasteiger partial charge in [-0.2, -0.15) is 0 Å². The molecule has 12 atom stereocenters. The van der Waals surface area contributed by atoms with Gasteiger partial charge in [-0.25, -0.2) is 4.79 Å². The maximum Gasteiger partial charge on any atom is 0.331 e. The van der Waals surface area contributed by atoms with Crippen molar-refractivity contribution in [1.29, 1.82) is 0 Å². The number of cyclic esters (lactones) is 1. The van der Waals surface area contributed by atoms with Gasteiger partial charge >= 0.3 is 5.97 Å². The maximum absolute atomic E-state index is 12.4. The van der Waals surface area contributed by atoms with Crippen LogP contribution in [0.5, 0.6) is 0 Å². The number of hydrogen-bond acceptors (Lipinski definition) is 7. The molecule has 0 spiro atoms. The molecule has 0 bridgehead atoms. The maximum atomic E-state index is 12.4. The van der Waals surface area contributed by atoms with Crippen molar-refractivity contribution in [3.8, 4) is 0 Å². The lowest BCUT2D eigenvalue weighted by Gasteiger charge is -2.63. The van der Waals surface area contributed by atoms with E-state index in [1.54, 1.807) is 13.2 Å². The van der Waals surface area contributed by atoms with E-state index in [-0.39, 0.29) is 46.8 Å². The van der Waals surface area contributed by atoms with E-state index in [2.05, 4.69) is 20.3 Å². The summed E-state index contributed by atoms with van der Waals surface area (Å²) in [6, 6.07) is 0. The first-order valence-corrected chi connectivity index (χ1v) is 14.5. The van der Waals surface area contributed by atoms with Gasteiger partial charge in [-0.05, 0) is 92.4 Å². The summed E-state index contributed by atoms with van der Waals surface area (Å²) >= 11 is 0. The lowest BCUT2D eigenvalue weighted by molar-refractivity contribution is -0.275. The molecule has 0 aromatic heterocycles. The Balaban J connectivity index is 1.15. The third-order valence-electron chi connectivity index (χ3n) is 12.1. The third kappa shape index (κ3) is 3.89. The molecule has 6 rings (SSSR count). The molecule has 1 saturated heterocycles. The van der Waals surface area contributed by atoms with E-state index in [4.69, 9.17) is 18.9 Å². The van der Waals surface area contributed by atoms with Gasteiger partial charge in [0.15, 0.2) is 6.29 Å². The second kappa shape index (κ2) is 9.29. The quantitative estimate of drug-likeness (QED) is 0.433. The van der Waals surface area contributed by atoms with E-state index >= 15 is 0 Å². The van der Waals surface area contributed by atoms with Crippen LogP contribution in [0.4, 0.5) is 0 Å². The van der Waals surface area contributed by atoms with Crippen LogP contribution in [0.15, 0.2) is 11.6 Å². The number of aliphatic hydroxyl groups is 2. The fourth-order valence-corrected chi connectivity index (χ4v) is 9.68. The Morgan fingerprint density at radius 1 is 1.11 bits per heavy atom. The van der Waals surface area contributed by atoms with Crippen LogP contribution < -0.4 is 0 Å². The number of hydrogen-bond donors (Lipinski definition) is 2. The first kappa shape index (κ1) is 26.2. The minimum Gasteiger partial charge on any atom is -0.458 e. The molecule has 2 aliphatic heterocycles. The van der Waals surface area contributed by atoms with Crippen molar-refractivity contribution in [2.24, 2.45) is 40.4 Å². The van der Waals surface area contributed by atoms with E-state index in [1.165, 1.54) is 0 Å². The fourth-order valence-electron chi connectivity index (χ4n) is 9.68.